The largest absolute Gasteiger partial charge is 0.486 e. The van der Waals surface area contributed by atoms with E-state index in [2.05, 4.69) is 5.32 Å². The lowest BCUT2D eigenvalue weighted by atomic mass is 10.1. The van der Waals surface area contributed by atoms with E-state index in [1.807, 2.05) is 31.3 Å². The van der Waals surface area contributed by atoms with E-state index in [0.29, 0.717) is 0 Å². The molecule has 0 aliphatic rings. The van der Waals surface area contributed by atoms with Crippen LogP contribution in [0.15, 0.2) is 42.5 Å². The zero-order chi connectivity index (χ0) is 14.4. The van der Waals surface area contributed by atoms with E-state index < -0.39 is 11.6 Å². The lowest BCUT2D eigenvalue weighted by Crippen LogP contribution is -2.10. The monoisotopic (exact) mass is 277 g/mol. The van der Waals surface area contributed by atoms with E-state index in [1.54, 1.807) is 0 Å². The molecule has 2 nitrogen and oxygen atoms in total. The van der Waals surface area contributed by atoms with Gasteiger partial charge in [0.2, 0.25) is 5.82 Å². The highest BCUT2D eigenvalue weighted by Gasteiger charge is 2.08. The number of rotatable bonds is 6. The summed E-state index contributed by atoms with van der Waals surface area (Å²) >= 11 is 0. The van der Waals surface area contributed by atoms with Crippen LogP contribution in [0.25, 0.3) is 0 Å². The maximum Gasteiger partial charge on any atom is 0.200 e. The number of nitrogens with one attached hydrogen (secondary N) is 1. The van der Waals surface area contributed by atoms with Crippen LogP contribution in [0.5, 0.6) is 5.75 Å². The zero-order valence-electron chi connectivity index (χ0n) is 11.3. The molecule has 0 radical (unpaired) electrons. The molecular weight excluding hydrogens is 260 g/mol. The first-order valence-corrected chi connectivity index (χ1v) is 6.50. The van der Waals surface area contributed by atoms with Crippen LogP contribution in [0.4, 0.5) is 8.78 Å². The fourth-order valence-electron chi connectivity index (χ4n) is 1.83. The molecule has 0 saturated heterocycles. The number of halogens is 2. The molecule has 1 N–H and O–H groups in total. The Bertz CT molecular complexity index is 555. The second-order valence-corrected chi connectivity index (χ2v) is 4.51. The third kappa shape index (κ3) is 3.78. The van der Waals surface area contributed by atoms with Gasteiger partial charge >= 0.3 is 0 Å². The van der Waals surface area contributed by atoms with E-state index in [4.69, 9.17) is 4.74 Å². The van der Waals surface area contributed by atoms with Crippen molar-refractivity contribution in [2.75, 3.05) is 13.6 Å². The third-order valence-corrected chi connectivity index (χ3v) is 3.00. The van der Waals surface area contributed by atoms with Gasteiger partial charge in [0.15, 0.2) is 11.6 Å². The second-order valence-electron chi connectivity index (χ2n) is 4.51. The van der Waals surface area contributed by atoms with Gasteiger partial charge in [0, 0.05) is 0 Å². The van der Waals surface area contributed by atoms with Crippen molar-refractivity contribution in [3.63, 3.8) is 0 Å². The molecule has 2 aromatic carbocycles. The molecule has 2 aromatic rings. The van der Waals surface area contributed by atoms with Crippen molar-refractivity contribution in [2.24, 2.45) is 0 Å². The summed E-state index contributed by atoms with van der Waals surface area (Å²) in [6.45, 7) is 1.14. The first kappa shape index (κ1) is 14.5. The number of benzene rings is 2. The Morgan fingerprint density at radius 1 is 1.00 bits per heavy atom. The molecule has 106 valence electrons. The molecule has 4 heteroatoms. The topological polar surface area (TPSA) is 21.3 Å². The van der Waals surface area contributed by atoms with Crippen LogP contribution in [0.3, 0.4) is 0 Å². The van der Waals surface area contributed by atoms with Gasteiger partial charge in [-0.1, -0.05) is 30.3 Å². The van der Waals surface area contributed by atoms with E-state index in [9.17, 15) is 8.78 Å². The van der Waals surface area contributed by atoms with Crippen LogP contribution in [0.1, 0.15) is 11.1 Å². The third-order valence-electron chi connectivity index (χ3n) is 3.00. The van der Waals surface area contributed by atoms with Crippen molar-refractivity contribution in [3.05, 3.63) is 65.2 Å². The Labute approximate surface area is 117 Å². The smallest absolute Gasteiger partial charge is 0.200 e. The summed E-state index contributed by atoms with van der Waals surface area (Å²) in [5.41, 5.74) is 2.14. The maximum atomic E-state index is 13.4. The van der Waals surface area contributed by atoms with Crippen molar-refractivity contribution in [3.8, 4) is 5.75 Å². The van der Waals surface area contributed by atoms with Gasteiger partial charge < -0.3 is 10.1 Å². The minimum Gasteiger partial charge on any atom is -0.486 e. The Balaban J connectivity index is 1.95. The van der Waals surface area contributed by atoms with E-state index in [-0.39, 0.29) is 12.4 Å². The highest BCUT2D eigenvalue weighted by atomic mass is 19.2. The van der Waals surface area contributed by atoms with Crippen molar-refractivity contribution >= 4 is 0 Å². The molecule has 20 heavy (non-hydrogen) atoms. The Hall–Kier alpha value is -1.94. The number of ether oxygens (including phenoxy) is 1. The standard InChI is InChI=1S/C16H17F2NO/c1-19-10-9-12-5-7-13(8-6-12)11-20-15-4-2-3-14(17)16(15)18/h2-8,19H,9-11H2,1H3. The molecule has 0 atom stereocenters. The van der Waals surface area contributed by atoms with E-state index >= 15 is 0 Å². The number of likely N-dealkylation sites (N-methyl/N-ethyl adjacent to an activating group) is 1. The van der Waals surface area contributed by atoms with Gasteiger partial charge in [-0.15, -0.1) is 0 Å². The van der Waals surface area contributed by atoms with Gasteiger partial charge in [-0.25, -0.2) is 4.39 Å². The van der Waals surface area contributed by atoms with Crippen molar-refractivity contribution < 1.29 is 13.5 Å². The summed E-state index contributed by atoms with van der Waals surface area (Å²) in [5, 5.41) is 3.09. The fourth-order valence-corrected chi connectivity index (χ4v) is 1.83. The summed E-state index contributed by atoms with van der Waals surface area (Å²) in [7, 11) is 1.91. The van der Waals surface area contributed by atoms with Crippen molar-refractivity contribution in [1.29, 1.82) is 0 Å². The molecule has 0 aliphatic heterocycles. The van der Waals surface area contributed by atoms with Crippen molar-refractivity contribution in [2.45, 2.75) is 13.0 Å². The molecule has 0 unspecified atom stereocenters. The quantitative estimate of drug-likeness (QED) is 0.874. The SMILES string of the molecule is CNCCc1ccc(COc2cccc(F)c2F)cc1. The predicted molar refractivity (Wildman–Crippen MR) is 74.8 cm³/mol. The summed E-state index contributed by atoms with van der Waals surface area (Å²) < 4.78 is 31.7. The van der Waals surface area contributed by atoms with Crippen LogP contribution >= 0.6 is 0 Å². The lowest BCUT2D eigenvalue weighted by Gasteiger charge is -2.08. The minimum atomic E-state index is -0.946. The number of hydrogen-bond acceptors (Lipinski definition) is 2. The van der Waals surface area contributed by atoms with Crippen LogP contribution < -0.4 is 10.1 Å². The Morgan fingerprint density at radius 3 is 2.40 bits per heavy atom. The zero-order valence-corrected chi connectivity index (χ0v) is 11.3. The summed E-state index contributed by atoms with van der Waals surface area (Å²) in [4.78, 5) is 0. The van der Waals surface area contributed by atoms with Crippen LogP contribution in [-0.2, 0) is 13.0 Å². The average Bonchev–Trinajstić information content (AvgIpc) is 2.48. The normalized spacial score (nSPS) is 10.6. The van der Waals surface area contributed by atoms with Gasteiger partial charge in [-0.05, 0) is 43.3 Å². The molecule has 0 amide bonds. The van der Waals surface area contributed by atoms with E-state index in [1.165, 1.54) is 17.7 Å². The molecule has 0 saturated carbocycles. The Kier molecular flexibility index (Phi) is 5.07. The molecular formula is C16H17F2NO. The van der Waals surface area contributed by atoms with Crippen LogP contribution in [-0.4, -0.2) is 13.6 Å². The molecule has 0 spiro atoms. The van der Waals surface area contributed by atoms with Gasteiger partial charge in [0.1, 0.15) is 6.61 Å². The highest BCUT2D eigenvalue weighted by Crippen LogP contribution is 2.20. The van der Waals surface area contributed by atoms with Gasteiger partial charge in [-0.2, -0.15) is 4.39 Å². The highest BCUT2D eigenvalue weighted by molar-refractivity contribution is 5.27. The molecule has 0 aliphatic carbocycles. The van der Waals surface area contributed by atoms with Crippen LogP contribution in [0.2, 0.25) is 0 Å². The van der Waals surface area contributed by atoms with Gasteiger partial charge in [0.05, 0.1) is 0 Å². The molecule has 2 rings (SSSR count). The fraction of sp³-hybridized carbons (Fsp3) is 0.250. The maximum absolute atomic E-state index is 13.4. The molecule has 0 bridgehead atoms. The minimum absolute atomic E-state index is 0.0655. The lowest BCUT2D eigenvalue weighted by molar-refractivity contribution is 0.284. The van der Waals surface area contributed by atoms with Gasteiger partial charge in [-0.3, -0.25) is 0 Å². The summed E-state index contributed by atoms with van der Waals surface area (Å²) in [6.07, 6.45) is 0.955. The van der Waals surface area contributed by atoms with Crippen LogP contribution in [0, 0.1) is 11.6 Å². The predicted octanol–water partition coefficient (Wildman–Crippen LogP) is 3.31. The molecule has 0 aromatic heterocycles. The second kappa shape index (κ2) is 7.01. The van der Waals surface area contributed by atoms with Crippen molar-refractivity contribution in [1.82, 2.24) is 5.32 Å². The first-order valence-electron chi connectivity index (χ1n) is 6.50. The number of hydrogen-bond donors (Lipinski definition) is 1. The summed E-state index contributed by atoms with van der Waals surface area (Å²) in [6, 6.07) is 11.8. The van der Waals surface area contributed by atoms with E-state index in [0.717, 1.165) is 24.6 Å². The average molecular weight is 277 g/mol. The Morgan fingerprint density at radius 2 is 1.70 bits per heavy atom. The first-order chi connectivity index (χ1) is 9.70. The molecule has 0 heterocycles. The van der Waals surface area contributed by atoms with Gasteiger partial charge in [0.25, 0.3) is 0 Å². The summed E-state index contributed by atoms with van der Waals surface area (Å²) in [5.74, 6) is -1.91. The molecule has 0 fully saturated rings.